The molecule has 5 nitrogen and oxygen atoms in total. The van der Waals surface area contributed by atoms with Crippen LogP contribution in [0.4, 0.5) is 5.82 Å². The van der Waals surface area contributed by atoms with Crippen LogP contribution in [0.3, 0.4) is 0 Å². The zero-order valence-electron chi connectivity index (χ0n) is 10.9. The number of anilines is 1. The van der Waals surface area contributed by atoms with Gasteiger partial charge in [-0.3, -0.25) is 4.98 Å². The molecule has 0 spiro atoms. The fourth-order valence-corrected chi connectivity index (χ4v) is 1.30. The predicted molar refractivity (Wildman–Crippen MR) is 69.0 cm³/mol. The van der Waals surface area contributed by atoms with Crippen molar-refractivity contribution in [1.29, 1.82) is 0 Å². The highest BCUT2D eigenvalue weighted by Crippen LogP contribution is 2.02. The van der Waals surface area contributed by atoms with E-state index in [0.717, 1.165) is 37.6 Å². The summed E-state index contributed by atoms with van der Waals surface area (Å²) in [5, 5.41) is 6.50. The van der Waals surface area contributed by atoms with Gasteiger partial charge in [0.15, 0.2) is 0 Å². The molecule has 1 aromatic heterocycles. The number of nitrogens with one attached hydrogen (secondary N) is 2. The molecule has 1 atom stereocenters. The lowest BCUT2D eigenvalue weighted by atomic mass is 10.4. The minimum atomic E-state index is 0.165. The number of hydrogen-bond acceptors (Lipinski definition) is 5. The summed E-state index contributed by atoms with van der Waals surface area (Å²) in [5.74, 6) is 0.796. The third-order valence-electron chi connectivity index (χ3n) is 2.39. The fourth-order valence-electron chi connectivity index (χ4n) is 1.30. The van der Waals surface area contributed by atoms with Crippen molar-refractivity contribution in [2.45, 2.75) is 32.9 Å². The van der Waals surface area contributed by atoms with E-state index >= 15 is 0 Å². The largest absolute Gasteiger partial charge is 0.380 e. The van der Waals surface area contributed by atoms with E-state index in [0.29, 0.717) is 0 Å². The first-order chi connectivity index (χ1) is 8.26. The van der Waals surface area contributed by atoms with Crippen LogP contribution in [0.1, 0.15) is 26.0 Å². The van der Waals surface area contributed by atoms with Gasteiger partial charge in [-0.15, -0.1) is 0 Å². The Morgan fingerprint density at radius 1 is 1.41 bits per heavy atom. The van der Waals surface area contributed by atoms with Gasteiger partial charge in [-0.2, -0.15) is 0 Å². The Morgan fingerprint density at radius 2 is 2.24 bits per heavy atom. The molecule has 1 heterocycles. The topological polar surface area (TPSA) is 59.1 Å². The highest BCUT2D eigenvalue weighted by Gasteiger charge is 2.01. The molecule has 5 heteroatoms. The summed E-state index contributed by atoms with van der Waals surface area (Å²) in [6.45, 7) is 6.64. The summed E-state index contributed by atoms with van der Waals surface area (Å²) < 4.78 is 5.16. The van der Waals surface area contributed by atoms with Gasteiger partial charge in [0.05, 0.1) is 18.0 Å². The van der Waals surface area contributed by atoms with Crippen molar-refractivity contribution in [3.8, 4) is 0 Å². The minimum absolute atomic E-state index is 0.165. The first-order valence-corrected chi connectivity index (χ1v) is 6.04. The van der Waals surface area contributed by atoms with Crippen molar-refractivity contribution in [3.63, 3.8) is 0 Å². The molecule has 0 amide bonds. The number of methoxy groups -OCH3 is 1. The van der Waals surface area contributed by atoms with Gasteiger partial charge in [0.2, 0.25) is 0 Å². The molecular formula is C12H22N4O. The summed E-state index contributed by atoms with van der Waals surface area (Å²) in [5.41, 5.74) is 0.952. The van der Waals surface area contributed by atoms with Gasteiger partial charge >= 0.3 is 0 Å². The van der Waals surface area contributed by atoms with Crippen molar-refractivity contribution in [2.75, 3.05) is 25.5 Å². The molecule has 0 radical (unpaired) electrons. The molecule has 96 valence electrons. The Morgan fingerprint density at radius 3 is 2.94 bits per heavy atom. The van der Waals surface area contributed by atoms with Crippen LogP contribution in [0.5, 0.6) is 0 Å². The van der Waals surface area contributed by atoms with E-state index in [1.807, 2.05) is 6.92 Å². The first kappa shape index (κ1) is 13.9. The van der Waals surface area contributed by atoms with E-state index in [4.69, 9.17) is 4.74 Å². The number of nitrogens with zero attached hydrogens (tertiary/aromatic N) is 2. The van der Waals surface area contributed by atoms with Crippen LogP contribution in [0.15, 0.2) is 12.4 Å². The zero-order chi connectivity index (χ0) is 12.5. The normalized spacial score (nSPS) is 12.4. The molecule has 0 fully saturated rings. The lowest BCUT2D eigenvalue weighted by Crippen LogP contribution is -2.20. The quantitative estimate of drug-likeness (QED) is 0.671. The second kappa shape index (κ2) is 7.97. The molecule has 0 aliphatic carbocycles. The standard InChI is InChI=1S/C12H22N4O/c1-4-5-13-7-11-8-14-9-12(16-11)15-6-10(2)17-3/h8-10,13H,4-7H2,1-3H3,(H,15,16). The van der Waals surface area contributed by atoms with Crippen LogP contribution in [-0.2, 0) is 11.3 Å². The van der Waals surface area contributed by atoms with Gasteiger partial charge in [-0.05, 0) is 19.9 Å². The van der Waals surface area contributed by atoms with Crippen LogP contribution in [0, 0.1) is 0 Å². The Bertz CT molecular complexity index is 319. The summed E-state index contributed by atoms with van der Waals surface area (Å²) >= 11 is 0. The Hall–Kier alpha value is -1.20. The monoisotopic (exact) mass is 238 g/mol. The number of aromatic nitrogens is 2. The molecule has 0 aromatic carbocycles. The van der Waals surface area contributed by atoms with Gasteiger partial charge in [-0.25, -0.2) is 4.98 Å². The van der Waals surface area contributed by atoms with Crippen molar-refractivity contribution in [3.05, 3.63) is 18.1 Å². The van der Waals surface area contributed by atoms with Crippen molar-refractivity contribution >= 4 is 5.82 Å². The Kier molecular flexibility index (Phi) is 6.50. The van der Waals surface area contributed by atoms with Gasteiger partial charge in [0.25, 0.3) is 0 Å². The third kappa shape index (κ3) is 5.60. The lowest BCUT2D eigenvalue weighted by Gasteiger charge is -2.11. The smallest absolute Gasteiger partial charge is 0.144 e. The van der Waals surface area contributed by atoms with Crippen molar-refractivity contribution in [1.82, 2.24) is 15.3 Å². The van der Waals surface area contributed by atoms with E-state index in [9.17, 15) is 0 Å². The maximum atomic E-state index is 5.16. The maximum absolute atomic E-state index is 5.16. The highest BCUT2D eigenvalue weighted by atomic mass is 16.5. The van der Waals surface area contributed by atoms with Crippen molar-refractivity contribution in [2.24, 2.45) is 0 Å². The van der Waals surface area contributed by atoms with Crippen LogP contribution in [0.2, 0.25) is 0 Å². The average molecular weight is 238 g/mol. The molecule has 2 N–H and O–H groups in total. The minimum Gasteiger partial charge on any atom is -0.380 e. The van der Waals surface area contributed by atoms with Crippen molar-refractivity contribution < 1.29 is 4.74 Å². The SMILES string of the molecule is CCCNCc1cncc(NCC(C)OC)n1. The fraction of sp³-hybridized carbons (Fsp3) is 0.667. The van der Waals surface area contributed by atoms with Crippen LogP contribution < -0.4 is 10.6 Å². The molecule has 1 aromatic rings. The van der Waals surface area contributed by atoms with E-state index in [1.54, 1.807) is 19.5 Å². The second-order valence-corrected chi connectivity index (χ2v) is 4.00. The number of ether oxygens (including phenoxy) is 1. The highest BCUT2D eigenvalue weighted by molar-refractivity contribution is 5.31. The number of rotatable bonds is 8. The Balaban J connectivity index is 2.42. The average Bonchev–Trinajstić information content (AvgIpc) is 2.37. The molecular weight excluding hydrogens is 216 g/mol. The third-order valence-corrected chi connectivity index (χ3v) is 2.39. The lowest BCUT2D eigenvalue weighted by molar-refractivity contribution is 0.128. The molecule has 0 saturated heterocycles. The molecule has 0 bridgehead atoms. The summed E-state index contributed by atoms with van der Waals surface area (Å²) in [7, 11) is 1.70. The summed E-state index contributed by atoms with van der Waals surface area (Å²) in [6.07, 6.45) is 4.80. The van der Waals surface area contributed by atoms with E-state index in [-0.39, 0.29) is 6.10 Å². The number of hydrogen-bond donors (Lipinski definition) is 2. The van der Waals surface area contributed by atoms with Gasteiger partial charge in [0.1, 0.15) is 5.82 Å². The van der Waals surface area contributed by atoms with E-state index < -0.39 is 0 Å². The van der Waals surface area contributed by atoms with E-state index in [1.165, 1.54) is 0 Å². The predicted octanol–water partition coefficient (Wildman–Crippen LogP) is 1.42. The van der Waals surface area contributed by atoms with Crippen LogP contribution in [0.25, 0.3) is 0 Å². The molecule has 0 saturated carbocycles. The van der Waals surface area contributed by atoms with Gasteiger partial charge < -0.3 is 15.4 Å². The summed E-state index contributed by atoms with van der Waals surface area (Å²) in [6, 6.07) is 0. The van der Waals surface area contributed by atoms with E-state index in [2.05, 4.69) is 27.5 Å². The van der Waals surface area contributed by atoms with Crippen LogP contribution in [-0.4, -0.2) is 36.3 Å². The first-order valence-electron chi connectivity index (χ1n) is 6.04. The molecule has 0 aliphatic heterocycles. The van der Waals surface area contributed by atoms with Crippen LogP contribution >= 0.6 is 0 Å². The zero-order valence-corrected chi connectivity index (χ0v) is 10.9. The molecule has 0 aliphatic rings. The molecule has 1 unspecified atom stereocenters. The second-order valence-electron chi connectivity index (χ2n) is 4.00. The maximum Gasteiger partial charge on any atom is 0.144 e. The molecule has 17 heavy (non-hydrogen) atoms. The van der Waals surface area contributed by atoms with Gasteiger partial charge in [0, 0.05) is 26.4 Å². The van der Waals surface area contributed by atoms with Gasteiger partial charge in [-0.1, -0.05) is 6.92 Å². The summed E-state index contributed by atoms with van der Waals surface area (Å²) in [4.78, 5) is 8.62. The molecule has 1 rings (SSSR count). The Labute approximate surface area is 103 Å².